The van der Waals surface area contributed by atoms with E-state index in [1.807, 2.05) is 0 Å². The number of fused-ring (bicyclic) bond motifs is 1. The van der Waals surface area contributed by atoms with Crippen molar-refractivity contribution >= 4 is 33.7 Å². The number of amides is 3. The largest absolute Gasteiger partial charge is 0.396 e. The third kappa shape index (κ3) is 5.83. The Balaban J connectivity index is 1.96. The zero-order valence-electron chi connectivity index (χ0n) is 22.4. The second-order valence-corrected chi connectivity index (χ2v) is 11.8. The lowest BCUT2D eigenvalue weighted by Crippen LogP contribution is -2.57. The van der Waals surface area contributed by atoms with E-state index in [4.69, 9.17) is 9.84 Å². The predicted molar refractivity (Wildman–Crippen MR) is 147 cm³/mol. The SMILES string of the molecule is C=CCN(C)C(=O)[C@H]1[C@@H]2OC3(CC2Br)C(C(=O)N(CC=C)CCCCC)N(CCCCCCO)C(=O)[C@H]13. The average Bonchev–Trinajstić information content (AvgIpc) is 3.46. The van der Waals surface area contributed by atoms with E-state index in [0.717, 1.165) is 44.9 Å². The van der Waals surface area contributed by atoms with Crippen LogP contribution in [0.1, 0.15) is 58.3 Å². The highest BCUT2D eigenvalue weighted by molar-refractivity contribution is 9.09. The minimum atomic E-state index is -1.03. The van der Waals surface area contributed by atoms with Gasteiger partial charge in [0.25, 0.3) is 0 Å². The molecule has 3 aliphatic rings. The van der Waals surface area contributed by atoms with Crippen molar-refractivity contribution in [3.63, 3.8) is 0 Å². The number of alkyl halides is 1. The van der Waals surface area contributed by atoms with Crippen molar-refractivity contribution in [1.29, 1.82) is 0 Å². The molecular formula is C28H44BrN3O5. The smallest absolute Gasteiger partial charge is 0.248 e. The van der Waals surface area contributed by atoms with Gasteiger partial charge in [-0.3, -0.25) is 14.4 Å². The van der Waals surface area contributed by atoms with Crippen molar-refractivity contribution < 1.29 is 24.2 Å². The quantitative estimate of drug-likeness (QED) is 0.172. The lowest BCUT2D eigenvalue weighted by molar-refractivity contribution is -0.148. The second-order valence-electron chi connectivity index (χ2n) is 10.6. The van der Waals surface area contributed by atoms with Crippen LogP contribution in [0, 0.1) is 11.8 Å². The zero-order valence-corrected chi connectivity index (χ0v) is 24.0. The number of unbranched alkanes of at least 4 members (excludes halogenated alkanes) is 5. The number of likely N-dealkylation sites (tertiary alicyclic amines) is 1. The summed E-state index contributed by atoms with van der Waals surface area (Å²) < 4.78 is 6.60. The Morgan fingerprint density at radius 1 is 1.14 bits per heavy atom. The number of carbonyl (C=O) groups is 3. The van der Waals surface area contributed by atoms with Gasteiger partial charge < -0.3 is 24.5 Å². The molecule has 0 saturated carbocycles. The average molecular weight is 583 g/mol. The normalized spacial score (nSPS) is 29.9. The van der Waals surface area contributed by atoms with Crippen LogP contribution in [-0.2, 0) is 19.1 Å². The van der Waals surface area contributed by atoms with Crippen LogP contribution in [-0.4, -0.2) is 99.9 Å². The summed E-state index contributed by atoms with van der Waals surface area (Å²) in [5.41, 5.74) is -1.03. The first-order chi connectivity index (χ1) is 17.8. The first-order valence-electron chi connectivity index (χ1n) is 13.8. The Morgan fingerprint density at radius 3 is 2.49 bits per heavy atom. The molecule has 3 amide bonds. The van der Waals surface area contributed by atoms with Crippen LogP contribution in [0.3, 0.4) is 0 Å². The molecule has 8 nitrogen and oxygen atoms in total. The van der Waals surface area contributed by atoms with E-state index < -0.39 is 29.6 Å². The molecule has 0 aliphatic carbocycles. The van der Waals surface area contributed by atoms with Crippen LogP contribution in [0.15, 0.2) is 25.3 Å². The Morgan fingerprint density at radius 2 is 1.84 bits per heavy atom. The Bertz CT molecular complexity index is 854. The summed E-state index contributed by atoms with van der Waals surface area (Å²) in [6.45, 7) is 11.7. The fourth-order valence-electron chi connectivity index (χ4n) is 6.39. The van der Waals surface area contributed by atoms with E-state index in [-0.39, 0.29) is 29.2 Å². The molecule has 3 saturated heterocycles. The number of rotatable bonds is 16. The van der Waals surface area contributed by atoms with Crippen LogP contribution in [0.4, 0.5) is 0 Å². The number of halogens is 1. The highest BCUT2D eigenvalue weighted by Gasteiger charge is 2.76. The number of carbonyl (C=O) groups excluding carboxylic acids is 3. The topological polar surface area (TPSA) is 90.4 Å². The molecular weight excluding hydrogens is 538 g/mol. The van der Waals surface area contributed by atoms with Crippen molar-refractivity contribution in [2.75, 3.05) is 39.8 Å². The van der Waals surface area contributed by atoms with E-state index >= 15 is 0 Å². The van der Waals surface area contributed by atoms with Crippen molar-refractivity contribution in [2.24, 2.45) is 11.8 Å². The van der Waals surface area contributed by atoms with Gasteiger partial charge in [-0.15, -0.1) is 13.2 Å². The van der Waals surface area contributed by atoms with E-state index in [9.17, 15) is 14.4 Å². The van der Waals surface area contributed by atoms with Crippen molar-refractivity contribution in [3.05, 3.63) is 25.3 Å². The molecule has 37 heavy (non-hydrogen) atoms. The molecule has 0 aromatic heterocycles. The molecule has 208 valence electrons. The van der Waals surface area contributed by atoms with Gasteiger partial charge in [0, 0.05) is 44.7 Å². The predicted octanol–water partition coefficient (Wildman–Crippen LogP) is 3.14. The van der Waals surface area contributed by atoms with Crippen LogP contribution in [0.2, 0.25) is 0 Å². The van der Waals surface area contributed by atoms with Crippen LogP contribution in [0.25, 0.3) is 0 Å². The molecule has 0 aromatic carbocycles. The van der Waals surface area contributed by atoms with E-state index in [0.29, 0.717) is 32.6 Å². The monoisotopic (exact) mass is 581 g/mol. The summed E-state index contributed by atoms with van der Waals surface area (Å²) in [6, 6.07) is -0.767. The first kappa shape index (κ1) is 29.8. The molecule has 3 rings (SSSR count). The number of aliphatic hydroxyl groups excluding tert-OH is 1. The molecule has 3 fully saturated rings. The van der Waals surface area contributed by atoms with Gasteiger partial charge in [0.2, 0.25) is 17.7 Å². The van der Waals surface area contributed by atoms with Gasteiger partial charge in [-0.25, -0.2) is 0 Å². The number of aliphatic hydroxyl groups is 1. The van der Waals surface area contributed by atoms with Crippen molar-refractivity contribution in [3.8, 4) is 0 Å². The summed E-state index contributed by atoms with van der Waals surface area (Å²) in [6.07, 6.45) is 9.55. The maximum atomic E-state index is 14.2. The van der Waals surface area contributed by atoms with Gasteiger partial charge >= 0.3 is 0 Å². The Kier molecular flexibility index (Phi) is 10.8. The molecule has 3 unspecified atom stereocenters. The molecule has 0 aromatic rings. The van der Waals surface area contributed by atoms with E-state index in [2.05, 4.69) is 36.0 Å². The number of nitrogens with zero attached hydrogens (tertiary/aromatic N) is 3. The summed E-state index contributed by atoms with van der Waals surface area (Å²) in [4.78, 5) is 46.8. The highest BCUT2D eigenvalue weighted by atomic mass is 79.9. The van der Waals surface area contributed by atoms with Crippen LogP contribution < -0.4 is 0 Å². The third-order valence-electron chi connectivity index (χ3n) is 8.09. The maximum absolute atomic E-state index is 14.2. The van der Waals surface area contributed by atoms with Gasteiger partial charge in [0.15, 0.2) is 0 Å². The number of ether oxygens (including phenoxy) is 1. The number of hydrogen-bond donors (Lipinski definition) is 1. The lowest BCUT2D eigenvalue weighted by atomic mass is 9.70. The molecule has 2 bridgehead atoms. The molecule has 3 aliphatic heterocycles. The van der Waals surface area contributed by atoms with Crippen molar-refractivity contribution in [1.82, 2.24) is 14.7 Å². The number of hydrogen-bond acceptors (Lipinski definition) is 5. The molecule has 9 heteroatoms. The Labute approximate surface area is 230 Å². The zero-order chi connectivity index (χ0) is 27.2. The summed E-state index contributed by atoms with van der Waals surface area (Å²) >= 11 is 3.73. The van der Waals surface area contributed by atoms with Gasteiger partial charge in [-0.1, -0.05) is 60.7 Å². The summed E-state index contributed by atoms with van der Waals surface area (Å²) in [7, 11) is 1.71. The molecule has 0 radical (unpaired) electrons. The van der Waals surface area contributed by atoms with E-state index in [1.54, 1.807) is 33.9 Å². The first-order valence-corrected chi connectivity index (χ1v) is 14.7. The highest BCUT2D eigenvalue weighted by Crippen LogP contribution is 2.60. The lowest BCUT2D eigenvalue weighted by Gasteiger charge is -2.37. The molecule has 3 heterocycles. The van der Waals surface area contributed by atoms with Crippen molar-refractivity contribution in [2.45, 2.75) is 80.9 Å². The fourth-order valence-corrected chi connectivity index (χ4v) is 7.33. The van der Waals surface area contributed by atoms with Gasteiger partial charge in [0.1, 0.15) is 11.6 Å². The minimum absolute atomic E-state index is 0.115. The number of likely N-dealkylation sites (N-methyl/N-ethyl adjacent to an activating group) is 1. The van der Waals surface area contributed by atoms with Gasteiger partial charge in [-0.05, 0) is 25.7 Å². The Hall–Kier alpha value is -1.71. The fraction of sp³-hybridized carbons (Fsp3) is 0.750. The molecule has 6 atom stereocenters. The summed E-state index contributed by atoms with van der Waals surface area (Å²) in [5.74, 6) is -1.73. The summed E-state index contributed by atoms with van der Waals surface area (Å²) in [5, 5.41) is 9.12. The minimum Gasteiger partial charge on any atom is -0.396 e. The molecule has 1 spiro atoms. The van der Waals surface area contributed by atoms with Gasteiger partial charge in [0.05, 0.1) is 17.9 Å². The maximum Gasteiger partial charge on any atom is 0.248 e. The second kappa shape index (κ2) is 13.4. The third-order valence-corrected chi connectivity index (χ3v) is 8.93. The molecule has 1 N–H and O–H groups in total. The van der Waals surface area contributed by atoms with Gasteiger partial charge in [-0.2, -0.15) is 0 Å². The van der Waals surface area contributed by atoms with Crippen LogP contribution >= 0.6 is 15.9 Å². The van der Waals surface area contributed by atoms with Crippen LogP contribution in [0.5, 0.6) is 0 Å². The van der Waals surface area contributed by atoms with E-state index in [1.165, 1.54) is 0 Å². The standard InChI is InChI=1S/C28H44BrN3O5/c1-5-8-11-16-31(15-7-3)27(36)24-28-19-20(29)23(37-28)21(25(34)30(4)14-6-2)22(28)26(35)32(24)17-12-9-10-13-18-33/h6-7,20-24,33H,2-3,5,8-19H2,1,4H3/t20?,21-,22+,23-,24?,28?/m1/s1.